The minimum atomic E-state index is -0.267. The predicted octanol–water partition coefficient (Wildman–Crippen LogP) is 3.93. The Kier molecular flexibility index (Phi) is 6.80. The number of nitrogens with one attached hydrogen (secondary N) is 1. The lowest BCUT2D eigenvalue weighted by molar-refractivity contribution is -0.139. The summed E-state index contributed by atoms with van der Waals surface area (Å²) < 4.78 is 20.7. The molecule has 168 valence electrons. The van der Waals surface area contributed by atoms with Crippen LogP contribution in [-0.4, -0.2) is 45.3 Å². The van der Waals surface area contributed by atoms with Gasteiger partial charge in [0.25, 0.3) is 0 Å². The molecule has 0 bridgehead atoms. The molecule has 0 unspecified atom stereocenters. The molecule has 1 N–H and O–H groups in total. The molecule has 4 rings (SSSR count). The molecule has 8 heteroatoms. The molecule has 1 saturated heterocycles. The molecule has 0 radical (unpaired) electrons. The number of benzene rings is 1. The minimum absolute atomic E-state index is 0.110. The molecule has 1 atom stereocenters. The summed E-state index contributed by atoms with van der Waals surface area (Å²) in [5.41, 5.74) is 2.87. The summed E-state index contributed by atoms with van der Waals surface area (Å²) in [6.07, 6.45) is 1.67. The third-order valence-corrected chi connectivity index (χ3v) is 5.66. The third kappa shape index (κ3) is 5.50. The van der Waals surface area contributed by atoms with Crippen molar-refractivity contribution in [1.29, 1.82) is 0 Å². The normalized spacial score (nSPS) is 16.2. The van der Waals surface area contributed by atoms with Crippen LogP contribution < -0.4 is 5.32 Å². The molecule has 3 heterocycles. The highest BCUT2D eigenvalue weighted by Gasteiger charge is 2.26. The van der Waals surface area contributed by atoms with Crippen molar-refractivity contribution < 1.29 is 13.9 Å². The van der Waals surface area contributed by atoms with Gasteiger partial charge in [-0.2, -0.15) is 5.10 Å². The quantitative estimate of drug-likeness (QED) is 0.606. The number of morpholine rings is 1. The zero-order chi connectivity index (χ0) is 22.5. The van der Waals surface area contributed by atoms with Crippen LogP contribution >= 0.6 is 0 Å². The van der Waals surface area contributed by atoms with Gasteiger partial charge in [0.1, 0.15) is 17.7 Å². The lowest BCUT2D eigenvalue weighted by Gasteiger charge is -2.33. The molecule has 1 aliphatic heterocycles. The molecule has 1 amide bonds. The SMILES string of the molecule is Cc1cc(Nc2cccc([C@H]3CN(C(=O)CCCc4ccc(F)cc4)CCO3)n2)nn1C. The highest BCUT2D eigenvalue weighted by molar-refractivity contribution is 5.76. The second-order valence-electron chi connectivity index (χ2n) is 8.05. The summed E-state index contributed by atoms with van der Waals surface area (Å²) >= 11 is 0. The van der Waals surface area contributed by atoms with Gasteiger partial charge in [0.15, 0.2) is 5.82 Å². The molecular weight excluding hydrogens is 409 g/mol. The van der Waals surface area contributed by atoms with E-state index in [1.165, 1.54) is 12.1 Å². The monoisotopic (exact) mass is 437 g/mol. The molecule has 1 fully saturated rings. The van der Waals surface area contributed by atoms with Crippen LogP contribution in [0.2, 0.25) is 0 Å². The Bertz CT molecular complexity index is 1050. The molecule has 3 aromatic rings. The van der Waals surface area contributed by atoms with E-state index in [1.54, 1.807) is 16.8 Å². The Balaban J connectivity index is 1.32. The van der Waals surface area contributed by atoms with Crippen LogP contribution in [0, 0.1) is 12.7 Å². The van der Waals surface area contributed by atoms with E-state index in [0.717, 1.165) is 35.6 Å². The lowest BCUT2D eigenvalue weighted by Crippen LogP contribution is -2.42. The van der Waals surface area contributed by atoms with E-state index in [-0.39, 0.29) is 17.8 Å². The second-order valence-corrected chi connectivity index (χ2v) is 8.05. The summed E-state index contributed by atoms with van der Waals surface area (Å²) in [5.74, 6) is 1.29. The first kappa shape index (κ1) is 22.0. The van der Waals surface area contributed by atoms with Gasteiger partial charge in [-0.3, -0.25) is 9.48 Å². The zero-order valence-electron chi connectivity index (χ0n) is 18.4. The number of carbonyl (C=O) groups is 1. The van der Waals surface area contributed by atoms with Crippen LogP contribution in [0.4, 0.5) is 16.0 Å². The first-order chi connectivity index (χ1) is 15.5. The van der Waals surface area contributed by atoms with E-state index >= 15 is 0 Å². The lowest BCUT2D eigenvalue weighted by atomic mass is 10.1. The number of hydrogen-bond acceptors (Lipinski definition) is 5. The molecular formula is C24H28FN5O2. The third-order valence-electron chi connectivity index (χ3n) is 5.66. The van der Waals surface area contributed by atoms with E-state index in [2.05, 4.69) is 15.4 Å². The van der Waals surface area contributed by atoms with Crippen molar-refractivity contribution in [3.8, 4) is 0 Å². The summed E-state index contributed by atoms with van der Waals surface area (Å²) in [4.78, 5) is 19.3. The van der Waals surface area contributed by atoms with Crippen molar-refractivity contribution in [2.24, 2.45) is 7.05 Å². The maximum Gasteiger partial charge on any atom is 0.222 e. The fourth-order valence-electron chi connectivity index (χ4n) is 3.76. The number of carbonyl (C=O) groups excluding carboxylic acids is 1. The van der Waals surface area contributed by atoms with Crippen LogP contribution in [0.5, 0.6) is 0 Å². The van der Waals surface area contributed by atoms with Gasteiger partial charge >= 0.3 is 0 Å². The average Bonchev–Trinajstić information content (AvgIpc) is 3.12. The van der Waals surface area contributed by atoms with E-state index in [9.17, 15) is 9.18 Å². The number of ether oxygens (including phenoxy) is 1. The number of halogens is 1. The summed E-state index contributed by atoms with van der Waals surface area (Å²) in [5, 5.41) is 7.62. The van der Waals surface area contributed by atoms with Crippen LogP contribution in [-0.2, 0) is 23.0 Å². The molecule has 32 heavy (non-hydrogen) atoms. The number of pyridine rings is 1. The molecule has 0 aliphatic carbocycles. The van der Waals surface area contributed by atoms with Gasteiger partial charge in [0, 0.05) is 31.8 Å². The Morgan fingerprint density at radius 3 is 2.78 bits per heavy atom. The molecule has 1 aliphatic rings. The number of anilines is 2. The average molecular weight is 438 g/mol. The standard InChI is InChI=1S/C24H28FN5O2/c1-17-15-23(28-29(17)2)27-22-7-4-6-20(26-22)21-16-30(13-14-32-21)24(31)8-3-5-18-9-11-19(25)12-10-18/h4,6-7,9-12,15,21H,3,5,8,13-14,16H2,1-2H3,(H,26,27,28)/t21-/m1/s1. The van der Waals surface area contributed by atoms with Gasteiger partial charge in [0.05, 0.1) is 18.8 Å². The van der Waals surface area contributed by atoms with Crippen LogP contribution in [0.15, 0.2) is 48.5 Å². The molecule has 0 spiro atoms. The van der Waals surface area contributed by atoms with Crippen molar-refractivity contribution in [2.75, 3.05) is 25.0 Å². The van der Waals surface area contributed by atoms with Crippen LogP contribution in [0.1, 0.15) is 35.9 Å². The number of hydrogen-bond donors (Lipinski definition) is 1. The Labute approximate surface area is 187 Å². The number of rotatable bonds is 7. The molecule has 7 nitrogen and oxygen atoms in total. The van der Waals surface area contributed by atoms with Gasteiger partial charge in [-0.25, -0.2) is 9.37 Å². The predicted molar refractivity (Wildman–Crippen MR) is 120 cm³/mol. The van der Waals surface area contributed by atoms with Crippen molar-refractivity contribution in [1.82, 2.24) is 19.7 Å². The van der Waals surface area contributed by atoms with Gasteiger partial charge in [-0.1, -0.05) is 18.2 Å². The smallest absolute Gasteiger partial charge is 0.222 e. The maximum absolute atomic E-state index is 13.0. The number of nitrogens with zero attached hydrogens (tertiary/aromatic N) is 4. The van der Waals surface area contributed by atoms with E-state index in [1.807, 2.05) is 43.1 Å². The van der Waals surface area contributed by atoms with Crippen molar-refractivity contribution in [2.45, 2.75) is 32.3 Å². The molecule has 0 saturated carbocycles. The van der Waals surface area contributed by atoms with Crippen molar-refractivity contribution >= 4 is 17.5 Å². The topological polar surface area (TPSA) is 72.3 Å². The first-order valence-corrected chi connectivity index (χ1v) is 10.9. The van der Waals surface area contributed by atoms with E-state index in [0.29, 0.717) is 31.9 Å². The van der Waals surface area contributed by atoms with Gasteiger partial charge in [0.2, 0.25) is 5.91 Å². The van der Waals surface area contributed by atoms with E-state index in [4.69, 9.17) is 4.74 Å². The zero-order valence-corrected chi connectivity index (χ0v) is 18.4. The summed E-state index contributed by atoms with van der Waals surface area (Å²) in [6, 6.07) is 14.1. The number of aryl methyl sites for hydroxylation is 3. The van der Waals surface area contributed by atoms with Gasteiger partial charge in [-0.05, 0) is 49.6 Å². The molecule has 1 aromatic carbocycles. The second kappa shape index (κ2) is 9.91. The number of aromatic nitrogens is 3. The fourth-order valence-corrected chi connectivity index (χ4v) is 3.76. The Morgan fingerprint density at radius 1 is 1.22 bits per heavy atom. The van der Waals surface area contributed by atoms with Crippen LogP contribution in [0.25, 0.3) is 0 Å². The van der Waals surface area contributed by atoms with Gasteiger partial charge < -0.3 is 15.0 Å². The highest BCUT2D eigenvalue weighted by atomic mass is 19.1. The Hall–Kier alpha value is -3.26. The van der Waals surface area contributed by atoms with Gasteiger partial charge in [-0.15, -0.1) is 0 Å². The largest absolute Gasteiger partial charge is 0.368 e. The highest BCUT2D eigenvalue weighted by Crippen LogP contribution is 2.24. The maximum atomic E-state index is 13.0. The fraction of sp³-hybridized carbons (Fsp3) is 0.375. The van der Waals surface area contributed by atoms with E-state index < -0.39 is 0 Å². The summed E-state index contributed by atoms with van der Waals surface area (Å²) in [6.45, 7) is 3.53. The summed E-state index contributed by atoms with van der Waals surface area (Å²) in [7, 11) is 1.89. The Morgan fingerprint density at radius 2 is 2.03 bits per heavy atom. The first-order valence-electron chi connectivity index (χ1n) is 10.9. The van der Waals surface area contributed by atoms with Crippen molar-refractivity contribution in [3.05, 3.63) is 71.3 Å². The number of amides is 1. The van der Waals surface area contributed by atoms with Crippen LogP contribution in [0.3, 0.4) is 0 Å². The minimum Gasteiger partial charge on any atom is -0.368 e. The molecule has 2 aromatic heterocycles. The van der Waals surface area contributed by atoms with Crippen molar-refractivity contribution in [3.63, 3.8) is 0 Å².